The van der Waals surface area contributed by atoms with Crippen LogP contribution in [0.2, 0.25) is 0 Å². The molecule has 4 atom stereocenters. The highest BCUT2D eigenvalue weighted by Crippen LogP contribution is 2.39. The molecule has 13 aromatic rings. The van der Waals surface area contributed by atoms with E-state index in [-0.39, 0.29) is 35.5 Å². The Labute approximate surface area is 683 Å². The van der Waals surface area contributed by atoms with E-state index >= 15 is 0 Å². The number of amides is 3. The van der Waals surface area contributed by atoms with E-state index in [2.05, 4.69) is 103 Å². The maximum Gasteiger partial charge on any atom is 0.331 e. The number of nitrogens with two attached hydrogens (primary N) is 1. The number of methoxy groups -OCH3 is 3. The van der Waals surface area contributed by atoms with Crippen molar-refractivity contribution in [2.75, 3.05) is 49.2 Å². The molecule has 0 bridgehead atoms. The van der Waals surface area contributed by atoms with E-state index in [1.165, 1.54) is 45.7 Å². The summed E-state index contributed by atoms with van der Waals surface area (Å²) in [6, 6.07) is 45.9. The first-order valence-electron chi connectivity index (χ1n) is 38.2. The molecule has 12 N–H and O–H groups in total. The normalized spacial score (nSPS) is 14.0. The number of anilines is 3. The van der Waals surface area contributed by atoms with Gasteiger partial charge in [0, 0.05) is 112 Å². The van der Waals surface area contributed by atoms with Crippen molar-refractivity contribution in [3.05, 3.63) is 240 Å². The minimum atomic E-state index is -1.22. The quantitative estimate of drug-likeness (QED) is 0.0198. The topological polar surface area (TPSA) is 391 Å². The average Bonchev–Trinajstić information content (AvgIpc) is 1.56. The van der Waals surface area contributed by atoms with Crippen molar-refractivity contribution in [3.8, 4) is 5.75 Å². The predicted octanol–water partition coefficient (Wildman–Crippen LogP) is 16.6. The Morgan fingerprint density at radius 2 is 0.879 bits per heavy atom. The van der Waals surface area contributed by atoms with Gasteiger partial charge in [0.05, 0.1) is 49.9 Å². The number of aryl methyl sites for hydroxylation is 4. The number of para-hydroxylation sites is 4. The second kappa shape index (κ2) is 41.5. The standard InChI is InChI=1S/C29H35N5O3.C17H19N3O3.C16H17N3O3.C14H17N3O3.C7H8.C3H5BrO.C2H6/c1-20-18-37-27(33-20)34-28(2,15-21-16-30-24-10-6-5-9-23(21)24)26(35)32-19-29(13-7-4-8-14-29)25-12-11-22(36-3)17-31-25;1-11-10-23-16(19-11)20-17(2,15(21)22-3)8-12-9-18-14-7-5-4-6-13(12)14;1-10-9-22-15(18-10)19-16(2,14(20)21)7-11-8-17-13-6-4-3-5-12(11)13;1-14(12(18)20-2,17-13(15)19)7-9-8-16-11-6-4-3-5-10(9)11;1-7-5-3-2-4-6-7;1-3(5)2-4;1-2/h5-6,9-12,16-18,30H,4,7-8,13-15,19H2,1-3H3,(H,32,35)(H,33,34);4-7,9-10,18H,8H2,1-3H3,(H,19,20);3-6,8-9,17H,7H2,1-2H3,(H,18,19)(H,20,21);3-6,8,16H,7H2,1-2H3,(H3,15,17,19);2-6H,1H3;2H2,1H3;1-2H3/t28-;17-;16-;14-;;;/m0000.../s1. The van der Waals surface area contributed by atoms with Crippen molar-refractivity contribution in [2.45, 2.75) is 162 Å². The first-order chi connectivity index (χ1) is 55.5. The molecule has 0 unspecified atom stereocenters. The van der Waals surface area contributed by atoms with E-state index in [0.717, 1.165) is 114 Å². The Bertz CT molecular complexity index is 5330. The maximum atomic E-state index is 14.0. The number of aromatic nitrogens is 8. The third-order valence-electron chi connectivity index (χ3n) is 19.6. The lowest BCUT2D eigenvalue weighted by molar-refractivity contribution is -0.147. The Morgan fingerprint density at radius 1 is 0.517 bits per heavy atom. The van der Waals surface area contributed by atoms with Gasteiger partial charge in [0.25, 0.3) is 18.0 Å². The zero-order valence-electron chi connectivity index (χ0n) is 68.3. The number of ketones is 1. The van der Waals surface area contributed by atoms with E-state index < -0.39 is 40.1 Å². The summed E-state index contributed by atoms with van der Waals surface area (Å²) in [7, 11) is 4.29. The van der Waals surface area contributed by atoms with Crippen molar-refractivity contribution < 1.29 is 61.3 Å². The summed E-state index contributed by atoms with van der Waals surface area (Å²) < 4.78 is 31.2. The van der Waals surface area contributed by atoms with Crippen LogP contribution in [0.15, 0.2) is 203 Å². The lowest BCUT2D eigenvalue weighted by Crippen LogP contribution is -2.55. The fraction of sp³-hybridized carbons (Fsp3) is 0.341. The molecule has 27 nitrogen and oxygen atoms in total. The fourth-order valence-electron chi connectivity index (χ4n) is 13.5. The Balaban J connectivity index is 0.000000187. The molecule has 3 amide bonds. The van der Waals surface area contributed by atoms with E-state index in [0.29, 0.717) is 48.9 Å². The number of urea groups is 1. The number of carboxylic acid groups (broad SMARTS) is 1. The molecule has 8 aromatic heterocycles. The van der Waals surface area contributed by atoms with E-state index in [9.17, 15) is 33.9 Å². The Kier molecular flexibility index (Phi) is 31.9. The molecule has 0 saturated heterocycles. The van der Waals surface area contributed by atoms with Gasteiger partial charge >= 0.3 is 23.9 Å². The number of nitrogens with one attached hydrogen (secondary N) is 9. The number of aliphatic carboxylic acids is 1. The number of benzene rings is 5. The number of Topliss-reactive ketones (excluding diaryl/α,β-unsaturated/α-hetero) is 1. The molecule has 614 valence electrons. The molecule has 0 spiro atoms. The molecular formula is C88H107BrN14O13. The van der Waals surface area contributed by atoms with Crippen molar-refractivity contribution >= 4 is 113 Å². The van der Waals surface area contributed by atoms with Crippen LogP contribution in [0.3, 0.4) is 0 Å². The van der Waals surface area contributed by atoms with Crippen molar-refractivity contribution in [2.24, 2.45) is 5.73 Å². The zero-order valence-corrected chi connectivity index (χ0v) is 69.9. The van der Waals surface area contributed by atoms with Crippen LogP contribution >= 0.6 is 15.9 Å². The van der Waals surface area contributed by atoms with Gasteiger partial charge in [0.2, 0.25) is 5.91 Å². The highest BCUT2D eigenvalue weighted by atomic mass is 79.9. The van der Waals surface area contributed by atoms with Crippen LogP contribution in [-0.4, -0.2) is 136 Å². The number of carboxylic acids is 1. The number of alkyl halides is 1. The van der Waals surface area contributed by atoms with Crippen molar-refractivity contribution in [3.63, 3.8) is 0 Å². The van der Waals surface area contributed by atoms with Crippen LogP contribution in [0.4, 0.5) is 22.8 Å². The summed E-state index contributed by atoms with van der Waals surface area (Å²) in [6.07, 6.45) is 20.8. The number of rotatable bonds is 24. The SMILES string of the molecule is CC.CC(=O)CBr.COC(=O)[C@](C)(Cc1c[nH]c2ccccc12)NC(N)=O.COC(=O)[C@](C)(Cc1c[nH]c2ccccc12)Nc1nc(C)co1.COc1ccc(C2(CNC(=O)[C@](C)(Cc3c[nH]c4ccccc34)Nc3nc(C)co3)CCCCC2)nc1.Cc1ccccc1.Cc1coc(N[C@@](C)(Cc2c[nH]c3ccccc23)C(=O)O)n1. The van der Waals surface area contributed by atoms with E-state index in [4.69, 9.17) is 38.2 Å². The molecule has 14 rings (SSSR count). The number of hydrogen-bond donors (Lipinski definition) is 11. The monoisotopic (exact) mass is 1650 g/mol. The Hall–Kier alpha value is -12.5. The molecule has 28 heteroatoms. The van der Waals surface area contributed by atoms with Gasteiger partial charge in [0.15, 0.2) is 0 Å². The molecule has 1 fully saturated rings. The number of H-pyrrole nitrogens is 4. The number of halogens is 1. The van der Waals surface area contributed by atoms with Crippen LogP contribution in [-0.2, 0) is 64.5 Å². The number of aromatic amines is 4. The molecule has 0 aliphatic heterocycles. The van der Waals surface area contributed by atoms with Crippen molar-refractivity contribution in [1.29, 1.82) is 0 Å². The number of nitrogens with zero attached hydrogens (tertiary/aromatic N) is 4. The lowest BCUT2D eigenvalue weighted by Gasteiger charge is -2.38. The van der Waals surface area contributed by atoms with Gasteiger partial charge in [-0.25, -0.2) is 19.2 Å². The minimum Gasteiger partial charge on any atom is -0.495 e. The van der Waals surface area contributed by atoms with E-state index in [1.54, 1.807) is 47.3 Å². The highest BCUT2D eigenvalue weighted by molar-refractivity contribution is 9.09. The summed E-state index contributed by atoms with van der Waals surface area (Å²) in [5, 5.41) is 29.3. The second-order valence-electron chi connectivity index (χ2n) is 29.1. The Morgan fingerprint density at radius 3 is 1.22 bits per heavy atom. The smallest absolute Gasteiger partial charge is 0.331 e. The summed E-state index contributed by atoms with van der Waals surface area (Å²) in [6.45, 7) is 20.5. The summed E-state index contributed by atoms with van der Waals surface area (Å²) in [4.78, 5) is 101. The molecule has 1 aliphatic carbocycles. The number of oxazole rings is 3. The first kappa shape index (κ1) is 89.1. The van der Waals surface area contributed by atoms with Crippen LogP contribution in [0.1, 0.15) is 131 Å². The fourth-order valence-corrected chi connectivity index (χ4v) is 13.5. The molecule has 1 saturated carbocycles. The average molecular weight is 1650 g/mol. The molecule has 8 heterocycles. The molecular weight excluding hydrogens is 1540 g/mol. The van der Waals surface area contributed by atoms with Gasteiger partial charge in [-0.3, -0.25) is 14.6 Å². The third kappa shape index (κ3) is 24.1. The minimum absolute atomic E-state index is 0.105. The van der Waals surface area contributed by atoms with Gasteiger partial charge < -0.3 is 84.8 Å². The first-order valence-corrected chi connectivity index (χ1v) is 39.3. The maximum absolute atomic E-state index is 14.0. The van der Waals surface area contributed by atoms with Crippen LogP contribution in [0, 0.1) is 27.7 Å². The number of pyridine rings is 1. The summed E-state index contributed by atoms with van der Waals surface area (Å²) in [5.41, 5.74) is 13.0. The predicted molar refractivity (Wildman–Crippen MR) is 456 cm³/mol. The number of ether oxygens (including phenoxy) is 3. The van der Waals surface area contributed by atoms with Crippen LogP contribution < -0.4 is 37.1 Å². The summed E-state index contributed by atoms with van der Waals surface area (Å²) in [5.74, 6) is -1.08. The number of carbonyl (C=O) groups is 6. The van der Waals surface area contributed by atoms with E-state index in [1.807, 2.05) is 181 Å². The number of carbonyl (C=O) groups excluding carboxylic acids is 5. The number of hydrogen-bond acceptors (Lipinski definition) is 19. The number of fused-ring (bicyclic) bond motifs is 4. The second-order valence-corrected chi connectivity index (χ2v) is 29.7. The van der Waals surface area contributed by atoms with Gasteiger partial charge in [-0.15, -0.1) is 0 Å². The van der Waals surface area contributed by atoms with Gasteiger partial charge in [-0.1, -0.05) is 158 Å². The van der Waals surface area contributed by atoms with Crippen molar-refractivity contribution in [1.82, 2.24) is 50.5 Å². The molecule has 116 heavy (non-hydrogen) atoms. The largest absolute Gasteiger partial charge is 0.495 e. The van der Waals surface area contributed by atoms with Gasteiger partial charge in [-0.05, 0) is 134 Å². The van der Waals surface area contributed by atoms with Crippen LogP contribution in [0.5, 0.6) is 5.75 Å². The van der Waals surface area contributed by atoms with Crippen LogP contribution in [0.25, 0.3) is 43.6 Å². The molecule has 5 aromatic carbocycles. The highest BCUT2D eigenvalue weighted by Gasteiger charge is 2.42. The number of esters is 2. The lowest BCUT2D eigenvalue weighted by atomic mass is 9.71. The molecule has 0 radical (unpaired) electrons. The third-order valence-corrected chi connectivity index (χ3v) is 20.4. The molecule has 1 aliphatic rings. The zero-order chi connectivity index (χ0) is 84.2. The van der Waals surface area contributed by atoms with Gasteiger partial charge in [0.1, 0.15) is 52.5 Å². The summed E-state index contributed by atoms with van der Waals surface area (Å²) >= 11 is 2.96. The van der Waals surface area contributed by atoms with Gasteiger partial charge in [-0.2, -0.15) is 15.0 Å². The number of primary amides is 1.